The van der Waals surface area contributed by atoms with E-state index in [1.54, 1.807) is 0 Å². The van der Waals surface area contributed by atoms with Crippen molar-refractivity contribution in [3.8, 4) is 0 Å². The van der Waals surface area contributed by atoms with E-state index in [1.807, 2.05) is 58.0 Å². The largest absolute Gasteiger partial charge is 0.480 e. The van der Waals surface area contributed by atoms with Gasteiger partial charge in [0.2, 0.25) is 0 Å². The first kappa shape index (κ1) is 14.7. The van der Waals surface area contributed by atoms with Crippen LogP contribution >= 0.6 is 0 Å². The highest BCUT2D eigenvalue weighted by atomic mass is 16.7. The molecule has 0 unspecified atom stereocenters. The molecule has 0 fully saturated rings. The fourth-order valence-corrected chi connectivity index (χ4v) is 1.56. The minimum absolute atomic E-state index is 0.175. The zero-order chi connectivity index (χ0) is 13.8. The summed E-state index contributed by atoms with van der Waals surface area (Å²) in [7, 11) is 0. The van der Waals surface area contributed by atoms with E-state index in [4.69, 9.17) is 4.84 Å². The molecule has 0 bridgehead atoms. The van der Waals surface area contributed by atoms with Crippen molar-refractivity contribution in [3.63, 3.8) is 0 Å². The summed E-state index contributed by atoms with van der Waals surface area (Å²) < 4.78 is 0. The topological polar surface area (TPSA) is 58.6 Å². The third-order valence-electron chi connectivity index (χ3n) is 2.58. The van der Waals surface area contributed by atoms with Gasteiger partial charge in [0.1, 0.15) is 6.04 Å². The van der Waals surface area contributed by atoms with Crippen LogP contribution in [0.3, 0.4) is 0 Å². The molecule has 100 valence electrons. The zero-order valence-electron chi connectivity index (χ0n) is 11.3. The van der Waals surface area contributed by atoms with Crippen LogP contribution in [-0.2, 0) is 9.63 Å². The zero-order valence-corrected chi connectivity index (χ0v) is 11.3. The first-order chi connectivity index (χ1) is 8.31. The molecule has 1 aromatic rings. The third-order valence-corrected chi connectivity index (χ3v) is 2.58. The van der Waals surface area contributed by atoms with Crippen molar-refractivity contribution in [1.29, 1.82) is 0 Å². The molecule has 0 saturated heterocycles. The molecule has 0 aromatic heterocycles. The predicted molar refractivity (Wildman–Crippen MR) is 70.3 cm³/mol. The number of nitrogens with one attached hydrogen (secondary N) is 1. The van der Waals surface area contributed by atoms with E-state index in [-0.39, 0.29) is 5.92 Å². The van der Waals surface area contributed by atoms with Gasteiger partial charge in [-0.05, 0) is 26.3 Å². The standard InChI is InChI=1S/C14H21NO3/c1-10(11-8-6-5-7-9-11)12(13(16)17)15-18-14(2,3)4/h5-10,12,15H,1-4H3,(H,16,17)/t10-,12-/m0/s1. The van der Waals surface area contributed by atoms with Crippen LogP contribution in [0.15, 0.2) is 30.3 Å². The Labute approximate surface area is 108 Å². The lowest BCUT2D eigenvalue weighted by molar-refractivity contribution is -0.151. The Hall–Kier alpha value is -1.39. The van der Waals surface area contributed by atoms with Crippen LogP contribution in [0.25, 0.3) is 0 Å². The fraction of sp³-hybridized carbons (Fsp3) is 0.500. The number of carboxylic acids is 1. The predicted octanol–water partition coefficient (Wildman–Crippen LogP) is 2.56. The van der Waals surface area contributed by atoms with Crippen LogP contribution in [0, 0.1) is 0 Å². The lowest BCUT2D eigenvalue weighted by Gasteiger charge is -2.26. The summed E-state index contributed by atoms with van der Waals surface area (Å²) in [6.07, 6.45) is 0. The lowest BCUT2D eigenvalue weighted by Crippen LogP contribution is -2.44. The fourth-order valence-electron chi connectivity index (χ4n) is 1.56. The van der Waals surface area contributed by atoms with Crippen LogP contribution in [0.1, 0.15) is 39.2 Å². The Kier molecular flexibility index (Phi) is 4.87. The van der Waals surface area contributed by atoms with E-state index >= 15 is 0 Å². The second kappa shape index (κ2) is 5.98. The number of hydrogen-bond acceptors (Lipinski definition) is 3. The van der Waals surface area contributed by atoms with Gasteiger partial charge in [-0.2, -0.15) is 5.48 Å². The molecule has 4 heteroatoms. The molecule has 1 aromatic carbocycles. The molecule has 1 rings (SSSR count). The van der Waals surface area contributed by atoms with E-state index in [2.05, 4.69) is 5.48 Å². The van der Waals surface area contributed by atoms with E-state index in [1.165, 1.54) is 0 Å². The third kappa shape index (κ3) is 4.47. The van der Waals surface area contributed by atoms with Gasteiger partial charge in [-0.25, -0.2) is 0 Å². The Bertz CT molecular complexity index is 384. The number of benzene rings is 1. The Morgan fingerprint density at radius 2 is 1.83 bits per heavy atom. The van der Waals surface area contributed by atoms with E-state index < -0.39 is 17.6 Å². The second-order valence-electron chi connectivity index (χ2n) is 5.35. The number of carbonyl (C=O) groups is 1. The summed E-state index contributed by atoms with van der Waals surface area (Å²) in [4.78, 5) is 16.7. The first-order valence-electron chi connectivity index (χ1n) is 6.02. The Morgan fingerprint density at radius 3 is 2.28 bits per heavy atom. The van der Waals surface area contributed by atoms with Crippen molar-refractivity contribution in [3.05, 3.63) is 35.9 Å². The molecule has 18 heavy (non-hydrogen) atoms. The quantitative estimate of drug-likeness (QED) is 0.790. The number of hydroxylamine groups is 1. The maximum absolute atomic E-state index is 11.3. The number of hydrogen-bond donors (Lipinski definition) is 2. The van der Waals surface area contributed by atoms with Crippen LogP contribution in [0.2, 0.25) is 0 Å². The summed E-state index contributed by atoms with van der Waals surface area (Å²) in [5.74, 6) is -1.10. The summed E-state index contributed by atoms with van der Waals surface area (Å²) in [6, 6.07) is 8.76. The molecule has 2 N–H and O–H groups in total. The van der Waals surface area contributed by atoms with E-state index in [0.29, 0.717) is 0 Å². The van der Waals surface area contributed by atoms with Crippen LogP contribution in [-0.4, -0.2) is 22.7 Å². The average molecular weight is 251 g/mol. The molecule has 0 aliphatic rings. The van der Waals surface area contributed by atoms with Crippen LogP contribution < -0.4 is 5.48 Å². The van der Waals surface area contributed by atoms with Crippen molar-refractivity contribution in [2.75, 3.05) is 0 Å². The second-order valence-corrected chi connectivity index (χ2v) is 5.35. The molecule has 4 nitrogen and oxygen atoms in total. The van der Waals surface area contributed by atoms with Crippen molar-refractivity contribution >= 4 is 5.97 Å². The summed E-state index contributed by atoms with van der Waals surface area (Å²) >= 11 is 0. The maximum Gasteiger partial charge on any atom is 0.323 e. The van der Waals surface area contributed by atoms with Crippen molar-refractivity contribution in [2.45, 2.75) is 45.3 Å². The molecule has 0 heterocycles. The summed E-state index contributed by atoms with van der Waals surface area (Å²) in [5.41, 5.74) is 3.20. The lowest BCUT2D eigenvalue weighted by atomic mass is 9.94. The maximum atomic E-state index is 11.3. The SMILES string of the molecule is C[C@@H](c1ccccc1)[C@H](NOC(C)(C)C)C(=O)O. The molecular weight excluding hydrogens is 230 g/mol. The number of carboxylic acid groups (broad SMARTS) is 1. The highest BCUT2D eigenvalue weighted by Gasteiger charge is 2.27. The van der Waals surface area contributed by atoms with Crippen molar-refractivity contribution in [1.82, 2.24) is 5.48 Å². The highest BCUT2D eigenvalue weighted by molar-refractivity contribution is 5.74. The Morgan fingerprint density at radius 1 is 1.28 bits per heavy atom. The van der Waals surface area contributed by atoms with Gasteiger partial charge >= 0.3 is 5.97 Å². The smallest absolute Gasteiger partial charge is 0.323 e. The van der Waals surface area contributed by atoms with Gasteiger partial charge in [0.15, 0.2) is 0 Å². The molecule has 2 atom stereocenters. The summed E-state index contributed by atoms with van der Waals surface area (Å²) in [5, 5.41) is 9.26. The summed E-state index contributed by atoms with van der Waals surface area (Å²) in [6.45, 7) is 7.47. The monoisotopic (exact) mass is 251 g/mol. The van der Waals surface area contributed by atoms with Crippen LogP contribution in [0.5, 0.6) is 0 Å². The molecule has 0 radical (unpaired) electrons. The van der Waals surface area contributed by atoms with E-state index in [0.717, 1.165) is 5.56 Å². The number of rotatable bonds is 5. The van der Waals surface area contributed by atoms with Gasteiger partial charge in [0.25, 0.3) is 0 Å². The highest BCUT2D eigenvalue weighted by Crippen LogP contribution is 2.20. The average Bonchev–Trinajstić information content (AvgIpc) is 2.28. The van der Waals surface area contributed by atoms with Gasteiger partial charge in [0, 0.05) is 5.92 Å². The minimum Gasteiger partial charge on any atom is -0.480 e. The van der Waals surface area contributed by atoms with E-state index in [9.17, 15) is 9.90 Å². The minimum atomic E-state index is -0.921. The van der Waals surface area contributed by atoms with Gasteiger partial charge < -0.3 is 5.11 Å². The molecule has 0 spiro atoms. The van der Waals surface area contributed by atoms with Gasteiger partial charge in [-0.1, -0.05) is 37.3 Å². The normalized spacial score (nSPS) is 15.1. The molecular formula is C14H21NO3. The first-order valence-corrected chi connectivity index (χ1v) is 6.02. The molecule has 0 aliphatic heterocycles. The molecule has 0 amide bonds. The van der Waals surface area contributed by atoms with Gasteiger partial charge in [-0.15, -0.1) is 0 Å². The van der Waals surface area contributed by atoms with Crippen molar-refractivity contribution in [2.24, 2.45) is 0 Å². The van der Waals surface area contributed by atoms with Gasteiger partial charge in [0.05, 0.1) is 5.60 Å². The Balaban J connectivity index is 2.76. The van der Waals surface area contributed by atoms with Gasteiger partial charge in [-0.3, -0.25) is 9.63 Å². The number of aliphatic carboxylic acids is 1. The molecule has 0 aliphatic carbocycles. The van der Waals surface area contributed by atoms with Crippen molar-refractivity contribution < 1.29 is 14.7 Å². The van der Waals surface area contributed by atoms with Crippen LogP contribution in [0.4, 0.5) is 0 Å². The molecule has 0 saturated carbocycles.